The number of ether oxygens (including phenoxy) is 1. The Bertz CT molecular complexity index is 1220. The molecule has 2 aromatic heterocycles. The third kappa shape index (κ3) is 4.38. The Labute approximate surface area is 199 Å². The van der Waals surface area contributed by atoms with Crippen molar-refractivity contribution in [2.45, 2.75) is 84.8 Å². The van der Waals surface area contributed by atoms with Crippen molar-refractivity contribution < 1.29 is 19.7 Å². The number of aliphatic carboxylic acids is 1. The van der Waals surface area contributed by atoms with Crippen molar-refractivity contribution in [1.29, 1.82) is 0 Å². The summed E-state index contributed by atoms with van der Waals surface area (Å²) in [6, 6.07) is 5.70. The first-order valence-corrected chi connectivity index (χ1v) is 12.5. The monoisotopic (exact) mass is 467 g/mol. The topological polar surface area (TPSA) is 79.7 Å². The van der Waals surface area contributed by atoms with Gasteiger partial charge in [-0.3, -0.25) is 0 Å². The maximum Gasteiger partial charge on any atom is 0.337 e. The molecule has 33 heavy (non-hydrogen) atoms. The molecule has 2 unspecified atom stereocenters. The van der Waals surface area contributed by atoms with E-state index in [1.807, 2.05) is 46.8 Å². The average molecular weight is 468 g/mol. The minimum absolute atomic E-state index is 0.158. The van der Waals surface area contributed by atoms with Gasteiger partial charge in [-0.15, -0.1) is 11.3 Å². The van der Waals surface area contributed by atoms with E-state index in [0.29, 0.717) is 22.7 Å². The van der Waals surface area contributed by atoms with Gasteiger partial charge in [0.25, 0.3) is 0 Å². The quantitative estimate of drug-likeness (QED) is 0.426. The number of benzene rings is 1. The van der Waals surface area contributed by atoms with Gasteiger partial charge in [0.1, 0.15) is 10.6 Å². The predicted octanol–water partition coefficient (Wildman–Crippen LogP) is 6.92. The van der Waals surface area contributed by atoms with Crippen molar-refractivity contribution in [2.75, 3.05) is 0 Å². The van der Waals surface area contributed by atoms with E-state index in [0.717, 1.165) is 47.0 Å². The van der Waals surface area contributed by atoms with Crippen LogP contribution in [0.15, 0.2) is 18.2 Å². The molecule has 1 aliphatic carbocycles. The van der Waals surface area contributed by atoms with Crippen LogP contribution in [0.3, 0.4) is 0 Å². The number of nitrogens with zero attached hydrogens (tertiary/aromatic N) is 1. The molecule has 4 rings (SSSR count). The van der Waals surface area contributed by atoms with Crippen LogP contribution in [-0.4, -0.2) is 26.8 Å². The molecule has 2 heterocycles. The third-order valence-corrected chi connectivity index (χ3v) is 7.57. The van der Waals surface area contributed by atoms with E-state index in [9.17, 15) is 15.0 Å². The molecule has 1 aromatic carbocycles. The van der Waals surface area contributed by atoms with Crippen molar-refractivity contribution >= 4 is 27.5 Å². The molecule has 2 N–H and O–H groups in total. The lowest BCUT2D eigenvalue weighted by atomic mass is 9.83. The maximum atomic E-state index is 12.5. The SMILES string of the molecule is CCc1ccc(-c2c(C(OC(C)(C)C)C(=O)O)c(C)nc3sc4c(c23)C(C)CCC4)c(O)c1. The number of aromatic nitrogens is 1. The summed E-state index contributed by atoms with van der Waals surface area (Å²) in [6.07, 6.45) is 2.85. The van der Waals surface area contributed by atoms with E-state index in [4.69, 9.17) is 9.72 Å². The lowest BCUT2D eigenvalue weighted by Crippen LogP contribution is -2.28. The summed E-state index contributed by atoms with van der Waals surface area (Å²) < 4.78 is 6.09. The number of fused-ring (bicyclic) bond motifs is 3. The van der Waals surface area contributed by atoms with Crippen LogP contribution in [0.1, 0.15) is 86.7 Å². The minimum atomic E-state index is -1.20. The van der Waals surface area contributed by atoms with E-state index >= 15 is 0 Å². The first kappa shape index (κ1) is 23.7. The van der Waals surface area contributed by atoms with Crippen LogP contribution >= 0.6 is 11.3 Å². The fraction of sp³-hybridized carbons (Fsp3) is 0.481. The van der Waals surface area contributed by atoms with Crippen molar-refractivity contribution in [3.8, 4) is 16.9 Å². The Balaban J connectivity index is 2.13. The van der Waals surface area contributed by atoms with Crippen LogP contribution in [0.25, 0.3) is 21.3 Å². The van der Waals surface area contributed by atoms with Gasteiger partial charge in [-0.1, -0.05) is 26.0 Å². The Morgan fingerprint density at radius 2 is 2.06 bits per heavy atom. The molecule has 1 aliphatic rings. The predicted molar refractivity (Wildman–Crippen MR) is 133 cm³/mol. The van der Waals surface area contributed by atoms with E-state index in [2.05, 4.69) is 6.92 Å². The maximum absolute atomic E-state index is 12.5. The molecule has 2 atom stereocenters. The van der Waals surface area contributed by atoms with E-state index in [-0.39, 0.29) is 5.75 Å². The van der Waals surface area contributed by atoms with Gasteiger partial charge >= 0.3 is 5.97 Å². The van der Waals surface area contributed by atoms with Gasteiger partial charge in [-0.25, -0.2) is 9.78 Å². The highest BCUT2D eigenvalue weighted by Gasteiger charge is 2.35. The molecule has 176 valence electrons. The molecule has 0 fully saturated rings. The highest BCUT2D eigenvalue weighted by Crippen LogP contribution is 2.50. The standard InChI is InChI=1S/C27H33NO4S/c1-7-16-11-12-17(18(29)13-16)22-21(24(26(30)31)32-27(4,5)6)15(3)28-25-23(22)20-14(2)9-8-10-19(20)33-25/h11-14,24,29H,7-10H2,1-6H3,(H,30,31). The van der Waals surface area contributed by atoms with Gasteiger partial charge in [0.2, 0.25) is 0 Å². The van der Waals surface area contributed by atoms with Crippen molar-refractivity contribution in [3.63, 3.8) is 0 Å². The highest BCUT2D eigenvalue weighted by molar-refractivity contribution is 7.19. The van der Waals surface area contributed by atoms with Crippen LogP contribution in [0.4, 0.5) is 0 Å². The second kappa shape index (κ2) is 8.73. The van der Waals surface area contributed by atoms with Crippen LogP contribution in [0.2, 0.25) is 0 Å². The fourth-order valence-electron chi connectivity index (χ4n) is 4.94. The van der Waals surface area contributed by atoms with Gasteiger partial charge < -0.3 is 14.9 Å². The molecular weight excluding hydrogens is 434 g/mol. The Hall–Kier alpha value is -2.44. The molecule has 0 spiro atoms. The highest BCUT2D eigenvalue weighted by atomic mass is 32.1. The zero-order valence-electron chi connectivity index (χ0n) is 20.3. The smallest absolute Gasteiger partial charge is 0.337 e. The Kier molecular flexibility index (Phi) is 6.27. The summed E-state index contributed by atoms with van der Waals surface area (Å²) in [5, 5.41) is 22.3. The summed E-state index contributed by atoms with van der Waals surface area (Å²) in [5.74, 6) is -0.550. The molecule has 6 heteroatoms. The number of hydrogen-bond donors (Lipinski definition) is 2. The van der Waals surface area contributed by atoms with Gasteiger partial charge in [-0.05, 0) is 76.5 Å². The minimum Gasteiger partial charge on any atom is -0.507 e. The lowest BCUT2D eigenvalue weighted by molar-refractivity contribution is -0.160. The number of aromatic hydroxyl groups is 1. The third-order valence-electron chi connectivity index (χ3n) is 6.41. The summed E-state index contributed by atoms with van der Waals surface area (Å²) in [6.45, 7) is 11.7. The fourth-order valence-corrected chi connectivity index (χ4v) is 6.33. The normalized spacial score (nSPS) is 17.2. The van der Waals surface area contributed by atoms with E-state index in [1.165, 1.54) is 10.4 Å². The van der Waals surface area contributed by atoms with Gasteiger partial charge in [0.15, 0.2) is 6.10 Å². The molecule has 0 amide bonds. The molecular formula is C27H33NO4S. The summed E-state index contributed by atoms with van der Waals surface area (Å²) >= 11 is 1.70. The summed E-state index contributed by atoms with van der Waals surface area (Å²) in [5.41, 5.74) is 4.16. The lowest BCUT2D eigenvalue weighted by Gasteiger charge is -2.28. The van der Waals surface area contributed by atoms with Crippen molar-refractivity contribution in [2.24, 2.45) is 0 Å². The van der Waals surface area contributed by atoms with Crippen molar-refractivity contribution in [1.82, 2.24) is 4.98 Å². The first-order valence-electron chi connectivity index (χ1n) is 11.7. The van der Waals surface area contributed by atoms with Gasteiger partial charge in [0.05, 0.1) is 5.60 Å². The Morgan fingerprint density at radius 1 is 1.33 bits per heavy atom. The molecule has 0 saturated carbocycles. The van der Waals surface area contributed by atoms with Crippen LogP contribution in [0.5, 0.6) is 5.75 Å². The van der Waals surface area contributed by atoms with Gasteiger partial charge in [-0.2, -0.15) is 0 Å². The zero-order chi connectivity index (χ0) is 24.1. The number of hydrogen-bond acceptors (Lipinski definition) is 5. The molecule has 3 aromatic rings. The largest absolute Gasteiger partial charge is 0.507 e. The number of pyridine rings is 1. The first-order chi connectivity index (χ1) is 15.5. The molecule has 0 saturated heterocycles. The van der Waals surface area contributed by atoms with Crippen LogP contribution in [0, 0.1) is 6.92 Å². The second-order valence-electron chi connectivity index (χ2n) is 10.1. The summed E-state index contributed by atoms with van der Waals surface area (Å²) in [4.78, 5) is 19.6. The number of aryl methyl sites for hydroxylation is 3. The number of phenols is 1. The van der Waals surface area contributed by atoms with Crippen LogP contribution < -0.4 is 0 Å². The Morgan fingerprint density at radius 3 is 2.67 bits per heavy atom. The molecule has 0 aliphatic heterocycles. The number of phenolic OH excluding ortho intramolecular Hbond substituents is 1. The molecule has 0 bridgehead atoms. The van der Waals surface area contributed by atoms with E-state index < -0.39 is 17.7 Å². The second-order valence-corrected chi connectivity index (χ2v) is 11.1. The zero-order valence-corrected chi connectivity index (χ0v) is 21.1. The average Bonchev–Trinajstić information content (AvgIpc) is 3.09. The number of thiophene rings is 1. The van der Waals surface area contributed by atoms with E-state index in [1.54, 1.807) is 17.4 Å². The molecule has 0 radical (unpaired) electrons. The number of carboxylic acids is 1. The van der Waals surface area contributed by atoms with Crippen LogP contribution in [-0.2, 0) is 22.4 Å². The molecule has 5 nitrogen and oxygen atoms in total. The number of carbonyl (C=O) groups is 1. The number of carboxylic acid groups (broad SMARTS) is 1. The van der Waals surface area contributed by atoms with Gasteiger partial charge in [0, 0.05) is 32.6 Å². The number of rotatable bonds is 5. The summed E-state index contributed by atoms with van der Waals surface area (Å²) in [7, 11) is 0. The van der Waals surface area contributed by atoms with Crippen molar-refractivity contribution in [3.05, 3.63) is 45.5 Å².